The Kier molecular flexibility index (Phi) is 4.64. The molecule has 0 atom stereocenters. The van der Waals surface area contributed by atoms with Crippen molar-refractivity contribution in [2.75, 3.05) is 0 Å². The van der Waals surface area contributed by atoms with Crippen LogP contribution in [0.2, 0.25) is 10.0 Å². The molecule has 5 nitrogen and oxygen atoms in total. The molecule has 1 N–H and O–H groups in total. The second kappa shape index (κ2) is 6.71. The van der Waals surface area contributed by atoms with Gasteiger partial charge < -0.3 is 14.1 Å². The first-order valence-corrected chi connectivity index (χ1v) is 8.10. The Labute approximate surface area is 147 Å². The predicted molar refractivity (Wildman–Crippen MR) is 94.4 cm³/mol. The van der Waals surface area contributed by atoms with E-state index in [1.807, 2.05) is 6.07 Å². The van der Waals surface area contributed by atoms with E-state index in [1.165, 1.54) is 21.2 Å². The highest BCUT2D eigenvalue weighted by molar-refractivity contribution is 6.42. The molecule has 0 saturated carbocycles. The molecule has 0 aliphatic rings. The Morgan fingerprint density at radius 1 is 1.00 bits per heavy atom. The minimum Gasteiger partial charge on any atom is -0.503 e. The number of aromatic hydroxyl groups is 1. The molecule has 0 saturated heterocycles. The molecule has 0 radical (unpaired) electrons. The highest BCUT2D eigenvalue weighted by Crippen LogP contribution is 2.23. The number of aromatic nitrogens is 2. The Bertz CT molecular complexity index is 1020. The summed E-state index contributed by atoms with van der Waals surface area (Å²) in [5.41, 5.74) is 0.0411. The fourth-order valence-electron chi connectivity index (χ4n) is 2.56. The van der Waals surface area contributed by atoms with Crippen molar-refractivity contribution in [2.45, 2.75) is 19.4 Å². The molecular formula is C17H14Cl2N2O3. The molecule has 24 heavy (non-hydrogen) atoms. The lowest BCUT2D eigenvalue weighted by atomic mass is 10.1. The number of nitrogens with zero attached hydrogens (tertiary/aromatic N) is 2. The Morgan fingerprint density at radius 3 is 2.54 bits per heavy atom. The third kappa shape index (κ3) is 3.18. The number of rotatable bonds is 4. The minimum absolute atomic E-state index is 0.0143. The van der Waals surface area contributed by atoms with Crippen LogP contribution < -0.4 is 11.0 Å². The van der Waals surface area contributed by atoms with E-state index in [9.17, 15) is 14.7 Å². The van der Waals surface area contributed by atoms with Gasteiger partial charge in [0.1, 0.15) is 0 Å². The van der Waals surface area contributed by atoms with Crippen LogP contribution in [0.5, 0.6) is 5.75 Å². The quantitative estimate of drug-likeness (QED) is 0.773. The molecule has 2 heterocycles. The zero-order valence-corrected chi connectivity index (χ0v) is 14.1. The summed E-state index contributed by atoms with van der Waals surface area (Å²) in [6.07, 6.45) is 6.15. The SMILES string of the molecule is O=c1ccn2ccn(CCCc3ccc(Cl)c(Cl)c3)c(=O)c2c1O. The van der Waals surface area contributed by atoms with Crippen molar-refractivity contribution < 1.29 is 5.11 Å². The van der Waals surface area contributed by atoms with Crippen molar-refractivity contribution in [3.63, 3.8) is 0 Å². The van der Waals surface area contributed by atoms with Crippen molar-refractivity contribution in [1.29, 1.82) is 0 Å². The lowest BCUT2D eigenvalue weighted by Gasteiger charge is -2.09. The maximum Gasteiger partial charge on any atom is 0.278 e. The van der Waals surface area contributed by atoms with E-state index in [1.54, 1.807) is 24.5 Å². The molecule has 3 rings (SSSR count). The first-order chi connectivity index (χ1) is 11.5. The van der Waals surface area contributed by atoms with Crippen LogP contribution in [0.25, 0.3) is 5.52 Å². The van der Waals surface area contributed by atoms with Gasteiger partial charge in [0.25, 0.3) is 5.56 Å². The van der Waals surface area contributed by atoms with Crippen molar-refractivity contribution in [3.05, 3.63) is 79.0 Å². The lowest BCUT2D eigenvalue weighted by Crippen LogP contribution is -2.23. The van der Waals surface area contributed by atoms with E-state index >= 15 is 0 Å². The number of fused-ring (bicyclic) bond motifs is 1. The molecule has 0 aliphatic heterocycles. The zero-order chi connectivity index (χ0) is 17.3. The summed E-state index contributed by atoms with van der Waals surface area (Å²) in [4.78, 5) is 24.0. The van der Waals surface area contributed by atoms with Crippen LogP contribution in [-0.4, -0.2) is 14.1 Å². The smallest absolute Gasteiger partial charge is 0.278 e. The van der Waals surface area contributed by atoms with Crippen LogP contribution in [0.4, 0.5) is 0 Å². The number of benzene rings is 1. The van der Waals surface area contributed by atoms with Gasteiger partial charge in [0, 0.05) is 31.2 Å². The van der Waals surface area contributed by atoms with Crippen molar-refractivity contribution in [3.8, 4) is 5.75 Å². The summed E-state index contributed by atoms with van der Waals surface area (Å²) < 4.78 is 2.92. The van der Waals surface area contributed by atoms with Crippen LogP contribution in [0.3, 0.4) is 0 Å². The highest BCUT2D eigenvalue weighted by Gasteiger charge is 2.09. The third-order valence-corrected chi connectivity index (χ3v) is 4.56. The van der Waals surface area contributed by atoms with E-state index in [2.05, 4.69) is 0 Å². The molecule has 0 unspecified atom stereocenters. The van der Waals surface area contributed by atoms with Crippen LogP contribution in [0.1, 0.15) is 12.0 Å². The average Bonchev–Trinajstić information content (AvgIpc) is 2.56. The van der Waals surface area contributed by atoms with E-state index < -0.39 is 16.7 Å². The average molecular weight is 365 g/mol. The molecule has 124 valence electrons. The molecule has 0 aliphatic carbocycles. The Morgan fingerprint density at radius 2 is 1.79 bits per heavy atom. The predicted octanol–water partition coefficient (Wildman–Crippen LogP) is 3.11. The number of hydrogen-bond donors (Lipinski definition) is 1. The second-order valence-corrected chi connectivity index (χ2v) is 6.25. The summed E-state index contributed by atoms with van der Waals surface area (Å²) in [7, 11) is 0. The fraction of sp³-hybridized carbons (Fsp3) is 0.176. The number of aryl methyl sites for hydroxylation is 2. The monoisotopic (exact) mass is 364 g/mol. The van der Waals surface area contributed by atoms with Crippen LogP contribution in [0.15, 0.2) is 52.4 Å². The second-order valence-electron chi connectivity index (χ2n) is 5.43. The molecule has 0 bridgehead atoms. The highest BCUT2D eigenvalue weighted by atomic mass is 35.5. The molecule has 0 spiro atoms. The first kappa shape index (κ1) is 16.6. The van der Waals surface area contributed by atoms with E-state index in [0.717, 1.165) is 12.0 Å². The van der Waals surface area contributed by atoms with Crippen LogP contribution in [-0.2, 0) is 13.0 Å². The maximum atomic E-state index is 12.4. The van der Waals surface area contributed by atoms with Gasteiger partial charge in [-0.1, -0.05) is 29.3 Å². The van der Waals surface area contributed by atoms with Crippen LogP contribution >= 0.6 is 23.2 Å². The molecule has 7 heteroatoms. The molecule has 0 amide bonds. The summed E-state index contributed by atoms with van der Waals surface area (Å²) in [5.74, 6) is -0.527. The Balaban J connectivity index is 1.82. The molecule has 1 aromatic carbocycles. The molecule has 3 aromatic rings. The van der Waals surface area contributed by atoms with Gasteiger partial charge in [0.15, 0.2) is 11.3 Å². The Hall–Kier alpha value is -2.24. The minimum atomic E-state index is -0.569. The van der Waals surface area contributed by atoms with Gasteiger partial charge in [-0.15, -0.1) is 0 Å². The van der Waals surface area contributed by atoms with E-state index in [-0.39, 0.29) is 5.52 Å². The third-order valence-electron chi connectivity index (χ3n) is 3.82. The molecular weight excluding hydrogens is 351 g/mol. The first-order valence-electron chi connectivity index (χ1n) is 7.34. The topological polar surface area (TPSA) is 63.7 Å². The summed E-state index contributed by atoms with van der Waals surface area (Å²) in [6.45, 7) is 0.456. The number of hydrogen-bond acceptors (Lipinski definition) is 3. The maximum absolute atomic E-state index is 12.4. The molecule has 2 aromatic heterocycles. The van der Waals surface area contributed by atoms with E-state index in [0.29, 0.717) is 23.0 Å². The van der Waals surface area contributed by atoms with Gasteiger partial charge in [-0.25, -0.2) is 0 Å². The number of pyridine rings is 1. The summed E-state index contributed by atoms with van der Waals surface area (Å²) in [6, 6.07) is 6.66. The van der Waals surface area contributed by atoms with Gasteiger partial charge in [0.2, 0.25) is 5.43 Å². The van der Waals surface area contributed by atoms with Gasteiger partial charge >= 0.3 is 0 Å². The zero-order valence-electron chi connectivity index (χ0n) is 12.6. The van der Waals surface area contributed by atoms with Gasteiger partial charge in [0.05, 0.1) is 10.0 Å². The summed E-state index contributed by atoms with van der Waals surface area (Å²) in [5, 5.41) is 10.9. The van der Waals surface area contributed by atoms with Crippen LogP contribution in [0, 0.1) is 0 Å². The molecule has 0 fully saturated rings. The summed E-state index contributed by atoms with van der Waals surface area (Å²) >= 11 is 11.9. The lowest BCUT2D eigenvalue weighted by molar-refractivity contribution is 0.471. The van der Waals surface area contributed by atoms with Gasteiger partial charge in [-0.3, -0.25) is 9.59 Å². The fourth-order valence-corrected chi connectivity index (χ4v) is 2.88. The van der Waals surface area contributed by atoms with Gasteiger partial charge in [-0.05, 0) is 30.5 Å². The largest absolute Gasteiger partial charge is 0.503 e. The number of halogens is 2. The van der Waals surface area contributed by atoms with Crippen molar-refractivity contribution in [2.24, 2.45) is 0 Å². The van der Waals surface area contributed by atoms with E-state index in [4.69, 9.17) is 23.2 Å². The van der Waals surface area contributed by atoms with Crippen molar-refractivity contribution in [1.82, 2.24) is 8.97 Å². The van der Waals surface area contributed by atoms with Gasteiger partial charge in [-0.2, -0.15) is 0 Å². The van der Waals surface area contributed by atoms with Crippen molar-refractivity contribution >= 4 is 28.7 Å². The standard InChI is InChI=1S/C17H14Cl2N2O3/c18-12-4-3-11(10-13(12)19)2-1-6-21-9-8-20-7-5-14(22)16(23)15(20)17(21)24/h3-5,7-10,23H,1-2,6H2. The normalized spacial score (nSPS) is 11.1.